The number of anilines is 1. The first-order chi connectivity index (χ1) is 7.54. The molecule has 0 radical (unpaired) electrons. The van der Waals surface area contributed by atoms with Crippen molar-refractivity contribution in [2.75, 3.05) is 18.5 Å². The minimum Gasteiger partial charge on any atom is -0.480 e. The molecule has 0 aliphatic heterocycles. The van der Waals surface area contributed by atoms with Gasteiger partial charge in [-0.15, -0.1) is 0 Å². The molecule has 0 bridgehead atoms. The van der Waals surface area contributed by atoms with Gasteiger partial charge < -0.3 is 10.4 Å². The predicted molar refractivity (Wildman–Crippen MR) is 60.9 cm³/mol. The second kappa shape index (κ2) is 5.37. The van der Waals surface area contributed by atoms with Crippen LogP contribution in [0.2, 0.25) is 5.02 Å². The van der Waals surface area contributed by atoms with Gasteiger partial charge in [-0.05, 0) is 18.2 Å². The Kier molecular flexibility index (Phi) is 4.13. The number of carboxylic acids is 1. The second-order valence-electron chi connectivity index (χ2n) is 3.01. The van der Waals surface area contributed by atoms with Gasteiger partial charge in [-0.2, -0.15) is 0 Å². The van der Waals surface area contributed by atoms with E-state index in [2.05, 4.69) is 5.32 Å². The van der Waals surface area contributed by atoms with Crippen LogP contribution in [0.3, 0.4) is 0 Å². The van der Waals surface area contributed by atoms with E-state index in [9.17, 15) is 9.59 Å². The van der Waals surface area contributed by atoms with Gasteiger partial charge in [0, 0.05) is 17.8 Å². The van der Waals surface area contributed by atoms with E-state index in [1.54, 1.807) is 18.2 Å². The van der Waals surface area contributed by atoms with Crippen LogP contribution < -0.4 is 10.2 Å². The average Bonchev–Trinajstić information content (AvgIpc) is 2.24. The zero-order chi connectivity index (χ0) is 12.1. The molecule has 0 unspecified atom stereocenters. The van der Waals surface area contributed by atoms with Gasteiger partial charge in [0.2, 0.25) is 0 Å². The molecule has 5 nitrogen and oxygen atoms in total. The Morgan fingerprint density at radius 2 is 2.19 bits per heavy atom. The molecule has 0 spiro atoms. The van der Waals surface area contributed by atoms with Crippen LogP contribution in [0.15, 0.2) is 24.3 Å². The quantitative estimate of drug-likeness (QED) is 0.845. The zero-order valence-electron chi connectivity index (χ0n) is 8.61. The highest BCUT2D eigenvalue weighted by molar-refractivity contribution is 6.30. The van der Waals surface area contributed by atoms with Crippen molar-refractivity contribution in [2.45, 2.75) is 0 Å². The Labute approximate surface area is 97.6 Å². The monoisotopic (exact) mass is 242 g/mol. The first-order valence-electron chi connectivity index (χ1n) is 4.51. The van der Waals surface area contributed by atoms with Crippen molar-refractivity contribution in [3.63, 3.8) is 0 Å². The summed E-state index contributed by atoms with van der Waals surface area (Å²) in [6.45, 7) is -0.417. The van der Waals surface area contributed by atoms with E-state index in [1.807, 2.05) is 0 Å². The summed E-state index contributed by atoms with van der Waals surface area (Å²) in [5.74, 6) is -1.09. The van der Waals surface area contributed by atoms with Crippen LogP contribution in [0.25, 0.3) is 0 Å². The van der Waals surface area contributed by atoms with E-state index in [-0.39, 0.29) is 0 Å². The third kappa shape index (κ3) is 3.13. The number of carboxylic acid groups (broad SMARTS) is 1. The predicted octanol–water partition coefficient (Wildman–Crippen LogP) is 1.57. The molecule has 16 heavy (non-hydrogen) atoms. The summed E-state index contributed by atoms with van der Waals surface area (Å²) in [5.41, 5.74) is 0.439. The van der Waals surface area contributed by atoms with Gasteiger partial charge in [-0.3, -0.25) is 9.69 Å². The highest BCUT2D eigenvalue weighted by Gasteiger charge is 2.17. The highest BCUT2D eigenvalue weighted by Crippen LogP contribution is 2.19. The summed E-state index contributed by atoms with van der Waals surface area (Å²) in [6.07, 6.45) is 0. The first-order valence-corrected chi connectivity index (χ1v) is 4.89. The van der Waals surface area contributed by atoms with Crippen molar-refractivity contribution in [2.24, 2.45) is 0 Å². The van der Waals surface area contributed by atoms with Gasteiger partial charge in [-0.1, -0.05) is 17.7 Å². The number of benzene rings is 1. The van der Waals surface area contributed by atoms with Crippen molar-refractivity contribution < 1.29 is 14.7 Å². The molecule has 1 aromatic rings. The molecule has 1 rings (SSSR count). The third-order valence-electron chi connectivity index (χ3n) is 1.87. The summed E-state index contributed by atoms with van der Waals surface area (Å²) in [6, 6.07) is 5.94. The Morgan fingerprint density at radius 3 is 2.69 bits per heavy atom. The van der Waals surface area contributed by atoms with Crippen molar-refractivity contribution in [3.05, 3.63) is 29.3 Å². The Morgan fingerprint density at radius 1 is 1.50 bits per heavy atom. The summed E-state index contributed by atoms with van der Waals surface area (Å²) in [5, 5.41) is 11.5. The topological polar surface area (TPSA) is 69.6 Å². The highest BCUT2D eigenvalue weighted by atomic mass is 35.5. The van der Waals surface area contributed by atoms with E-state index >= 15 is 0 Å². The van der Waals surface area contributed by atoms with Gasteiger partial charge in [0.05, 0.1) is 0 Å². The van der Waals surface area contributed by atoms with E-state index in [0.29, 0.717) is 10.7 Å². The fourth-order valence-electron chi connectivity index (χ4n) is 1.19. The molecule has 0 saturated carbocycles. The molecule has 0 saturated heterocycles. The fourth-order valence-corrected chi connectivity index (χ4v) is 1.38. The molecule has 1 aromatic carbocycles. The number of hydrogen-bond donors (Lipinski definition) is 2. The number of halogens is 1. The number of nitrogens with zero attached hydrogens (tertiary/aromatic N) is 1. The number of rotatable bonds is 3. The Bertz CT molecular complexity index is 409. The van der Waals surface area contributed by atoms with Crippen LogP contribution in [-0.4, -0.2) is 30.7 Å². The van der Waals surface area contributed by atoms with Crippen LogP contribution in [0.1, 0.15) is 0 Å². The fraction of sp³-hybridized carbons (Fsp3) is 0.200. The number of aliphatic carboxylic acids is 1. The number of nitrogens with one attached hydrogen (secondary N) is 1. The van der Waals surface area contributed by atoms with Crippen LogP contribution in [-0.2, 0) is 4.79 Å². The molecular weight excluding hydrogens is 232 g/mol. The Balaban J connectivity index is 3.00. The molecule has 0 atom stereocenters. The summed E-state index contributed by atoms with van der Waals surface area (Å²) >= 11 is 5.77. The standard InChI is InChI=1S/C10H11ClN2O3/c1-12-10(16)13(6-9(14)15)8-4-2-3-7(11)5-8/h2-5H,6H2,1H3,(H,12,16)(H,14,15). The van der Waals surface area contributed by atoms with E-state index in [1.165, 1.54) is 13.1 Å². The molecule has 0 aliphatic rings. The number of amides is 2. The van der Waals surface area contributed by atoms with Crippen LogP contribution in [0, 0.1) is 0 Å². The maximum atomic E-state index is 11.5. The lowest BCUT2D eigenvalue weighted by Crippen LogP contribution is -2.41. The summed E-state index contributed by atoms with van der Waals surface area (Å²) < 4.78 is 0. The van der Waals surface area contributed by atoms with E-state index < -0.39 is 18.5 Å². The molecule has 2 amide bonds. The van der Waals surface area contributed by atoms with Gasteiger partial charge in [0.15, 0.2) is 0 Å². The van der Waals surface area contributed by atoms with Gasteiger partial charge in [0.1, 0.15) is 6.54 Å². The van der Waals surface area contributed by atoms with E-state index in [4.69, 9.17) is 16.7 Å². The number of carbonyl (C=O) groups excluding carboxylic acids is 1. The second-order valence-corrected chi connectivity index (χ2v) is 3.45. The molecular formula is C10H11ClN2O3. The van der Waals surface area contributed by atoms with Crippen LogP contribution >= 0.6 is 11.6 Å². The minimum atomic E-state index is -1.09. The van der Waals surface area contributed by atoms with Crippen molar-refractivity contribution in [3.8, 4) is 0 Å². The summed E-state index contributed by atoms with van der Waals surface area (Å²) in [4.78, 5) is 23.2. The Hall–Kier alpha value is -1.75. The average molecular weight is 243 g/mol. The summed E-state index contributed by atoms with van der Waals surface area (Å²) in [7, 11) is 1.43. The van der Waals surface area contributed by atoms with Gasteiger partial charge in [0.25, 0.3) is 0 Å². The molecule has 2 N–H and O–H groups in total. The minimum absolute atomic E-state index is 0.417. The first kappa shape index (κ1) is 12.3. The van der Waals surface area contributed by atoms with Crippen molar-refractivity contribution in [1.29, 1.82) is 0 Å². The number of hydrogen-bond acceptors (Lipinski definition) is 2. The molecule has 0 aliphatic carbocycles. The van der Waals surface area contributed by atoms with Gasteiger partial charge in [-0.25, -0.2) is 4.79 Å². The lowest BCUT2D eigenvalue weighted by Gasteiger charge is -2.20. The van der Waals surface area contributed by atoms with Crippen LogP contribution in [0.5, 0.6) is 0 Å². The number of carbonyl (C=O) groups is 2. The lowest BCUT2D eigenvalue weighted by molar-refractivity contribution is -0.135. The normalized spacial score (nSPS) is 9.62. The lowest BCUT2D eigenvalue weighted by atomic mass is 10.3. The third-order valence-corrected chi connectivity index (χ3v) is 2.11. The maximum absolute atomic E-state index is 11.5. The molecule has 0 heterocycles. The zero-order valence-corrected chi connectivity index (χ0v) is 9.36. The maximum Gasteiger partial charge on any atom is 0.323 e. The molecule has 86 valence electrons. The number of urea groups is 1. The van der Waals surface area contributed by atoms with Crippen LogP contribution in [0.4, 0.5) is 10.5 Å². The van der Waals surface area contributed by atoms with Crippen molar-refractivity contribution >= 4 is 29.3 Å². The largest absolute Gasteiger partial charge is 0.480 e. The van der Waals surface area contributed by atoms with E-state index in [0.717, 1.165) is 4.90 Å². The van der Waals surface area contributed by atoms with Gasteiger partial charge >= 0.3 is 12.0 Å². The molecule has 0 fully saturated rings. The SMILES string of the molecule is CNC(=O)N(CC(=O)O)c1cccc(Cl)c1. The smallest absolute Gasteiger partial charge is 0.323 e. The molecule has 6 heteroatoms. The van der Waals surface area contributed by atoms with Crippen molar-refractivity contribution in [1.82, 2.24) is 5.32 Å². The molecule has 0 aromatic heterocycles.